The van der Waals surface area contributed by atoms with E-state index in [1.54, 1.807) is 19.1 Å². The Kier molecular flexibility index (Phi) is 5.35. The van der Waals surface area contributed by atoms with E-state index in [1.165, 1.54) is 7.11 Å². The molecule has 1 atom stereocenters. The van der Waals surface area contributed by atoms with Crippen LogP contribution in [0.3, 0.4) is 0 Å². The molecule has 0 aliphatic rings. The number of ether oxygens (including phenoxy) is 1. The van der Waals surface area contributed by atoms with Gasteiger partial charge >= 0.3 is 5.97 Å². The number of esters is 1. The van der Waals surface area contributed by atoms with Crippen molar-refractivity contribution < 1.29 is 13.9 Å². The van der Waals surface area contributed by atoms with Crippen LogP contribution in [-0.2, 0) is 9.53 Å². The van der Waals surface area contributed by atoms with Crippen LogP contribution in [0.4, 0.5) is 4.39 Å². The molecule has 2 nitrogen and oxygen atoms in total. The zero-order valence-corrected chi connectivity index (χ0v) is 11.4. The Morgan fingerprint density at radius 1 is 1.39 bits per heavy atom. The van der Waals surface area contributed by atoms with Crippen LogP contribution in [-0.4, -0.2) is 13.1 Å². The molecule has 0 aliphatic heterocycles. The number of hydrogen-bond acceptors (Lipinski definition) is 2. The molecule has 1 rings (SSSR count). The topological polar surface area (TPSA) is 26.3 Å². The molecular weight excluding hydrogens is 255 g/mol. The minimum absolute atomic E-state index is 0.152. The molecule has 0 N–H and O–H groups in total. The molecule has 0 saturated carbocycles. The normalized spacial score (nSPS) is 13.8. The molecule has 0 spiro atoms. The molecule has 0 saturated heterocycles. The smallest absolute Gasteiger partial charge is 0.366 e. The minimum atomic E-state index is -0.931. The molecule has 98 valence electrons. The summed E-state index contributed by atoms with van der Waals surface area (Å²) in [5, 5.41) is 0.628. The van der Waals surface area contributed by atoms with Gasteiger partial charge in [-0.15, -0.1) is 0 Å². The number of methoxy groups -OCH3 is 1. The van der Waals surface area contributed by atoms with Crippen molar-refractivity contribution >= 4 is 17.6 Å². The van der Waals surface area contributed by atoms with Gasteiger partial charge in [-0.25, -0.2) is 4.79 Å². The van der Waals surface area contributed by atoms with Gasteiger partial charge in [-0.05, 0) is 36.6 Å². The Morgan fingerprint density at radius 3 is 2.39 bits per heavy atom. The molecule has 0 aliphatic carbocycles. The molecule has 1 aromatic rings. The van der Waals surface area contributed by atoms with Crippen LogP contribution >= 0.6 is 11.6 Å². The van der Waals surface area contributed by atoms with Crippen LogP contribution in [0.5, 0.6) is 0 Å². The van der Waals surface area contributed by atoms with Gasteiger partial charge in [0, 0.05) is 10.9 Å². The Balaban J connectivity index is 3.10. The van der Waals surface area contributed by atoms with Crippen LogP contribution in [0, 0.1) is 0 Å². The summed E-state index contributed by atoms with van der Waals surface area (Å²) in [6.45, 7) is 3.54. The Hall–Kier alpha value is -1.35. The van der Waals surface area contributed by atoms with Gasteiger partial charge in [0.15, 0.2) is 0 Å². The highest BCUT2D eigenvalue weighted by Gasteiger charge is 2.20. The summed E-state index contributed by atoms with van der Waals surface area (Å²) in [5.74, 6) is -1.90. The average molecular weight is 271 g/mol. The van der Waals surface area contributed by atoms with Crippen molar-refractivity contribution in [2.45, 2.75) is 26.2 Å². The highest BCUT2D eigenvalue weighted by Crippen LogP contribution is 2.31. The van der Waals surface area contributed by atoms with Gasteiger partial charge in [0.2, 0.25) is 5.83 Å². The van der Waals surface area contributed by atoms with Crippen molar-refractivity contribution in [3.8, 4) is 0 Å². The van der Waals surface area contributed by atoms with E-state index in [0.29, 0.717) is 17.0 Å². The van der Waals surface area contributed by atoms with E-state index in [9.17, 15) is 9.18 Å². The lowest BCUT2D eigenvalue weighted by molar-refractivity contribution is -0.137. The summed E-state index contributed by atoms with van der Waals surface area (Å²) < 4.78 is 18.2. The van der Waals surface area contributed by atoms with Crippen molar-refractivity contribution in [2.75, 3.05) is 7.11 Å². The molecule has 1 aromatic carbocycles. The van der Waals surface area contributed by atoms with E-state index in [2.05, 4.69) is 4.74 Å². The number of halogens is 2. The number of allylic oxidation sites excluding steroid dienone is 1. The molecule has 0 bridgehead atoms. The maximum Gasteiger partial charge on any atom is 0.366 e. The van der Waals surface area contributed by atoms with E-state index in [1.807, 2.05) is 19.1 Å². The number of carbonyl (C=O) groups excluding carboxylic acids is 1. The van der Waals surface area contributed by atoms with Crippen LogP contribution in [0.2, 0.25) is 5.02 Å². The lowest BCUT2D eigenvalue weighted by Crippen LogP contribution is -2.08. The third kappa shape index (κ3) is 3.33. The average Bonchev–Trinajstić information content (AvgIpc) is 2.39. The maximum atomic E-state index is 13.8. The molecule has 0 heterocycles. The van der Waals surface area contributed by atoms with Gasteiger partial charge in [-0.2, -0.15) is 4.39 Å². The number of rotatable bonds is 4. The van der Waals surface area contributed by atoms with Gasteiger partial charge in [0.1, 0.15) is 0 Å². The van der Waals surface area contributed by atoms with Gasteiger partial charge < -0.3 is 4.74 Å². The van der Waals surface area contributed by atoms with Crippen LogP contribution < -0.4 is 0 Å². The standard InChI is InChI=1S/C14H16ClFO2/c1-4-12(9(2)13(16)14(17)18-3)10-5-7-11(15)8-6-10/h5-8,12H,4H2,1-3H3. The highest BCUT2D eigenvalue weighted by molar-refractivity contribution is 6.30. The number of benzene rings is 1. The molecule has 1 unspecified atom stereocenters. The predicted octanol–water partition coefficient (Wildman–Crippen LogP) is 4.25. The quantitative estimate of drug-likeness (QED) is 0.604. The third-order valence-corrected chi connectivity index (χ3v) is 3.17. The minimum Gasteiger partial charge on any atom is -0.464 e. The van der Waals surface area contributed by atoms with Crippen LogP contribution in [0.25, 0.3) is 0 Å². The molecule has 4 heteroatoms. The molecule has 0 radical (unpaired) electrons. The third-order valence-electron chi connectivity index (χ3n) is 2.91. The van der Waals surface area contributed by atoms with Crippen LogP contribution in [0.15, 0.2) is 35.7 Å². The summed E-state index contributed by atoms with van der Waals surface area (Å²) in [6.07, 6.45) is 0.692. The first-order valence-electron chi connectivity index (χ1n) is 5.71. The van der Waals surface area contributed by atoms with Crippen molar-refractivity contribution in [3.63, 3.8) is 0 Å². The zero-order valence-electron chi connectivity index (χ0n) is 10.7. The summed E-state index contributed by atoms with van der Waals surface area (Å²) in [6, 6.07) is 7.18. The van der Waals surface area contributed by atoms with Crippen molar-refractivity contribution in [1.29, 1.82) is 0 Å². The lowest BCUT2D eigenvalue weighted by Gasteiger charge is -2.17. The van der Waals surface area contributed by atoms with Gasteiger partial charge in [-0.3, -0.25) is 0 Å². The summed E-state index contributed by atoms with van der Waals surface area (Å²) in [7, 11) is 1.17. The van der Waals surface area contributed by atoms with E-state index in [0.717, 1.165) is 5.56 Å². The largest absolute Gasteiger partial charge is 0.464 e. The second-order valence-electron chi connectivity index (χ2n) is 4.00. The number of hydrogen-bond donors (Lipinski definition) is 0. The molecular formula is C14H16ClFO2. The number of carbonyl (C=O) groups is 1. The maximum absolute atomic E-state index is 13.8. The second-order valence-corrected chi connectivity index (χ2v) is 4.44. The first kappa shape index (κ1) is 14.7. The van der Waals surface area contributed by atoms with Crippen molar-refractivity contribution in [2.24, 2.45) is 0 Å². The molecule has 18 heavy (non-hydrogen) atoms. The lowest BCUT2D eigenvalue weighted by atomic mass is 9.89. The fraction of sp³-hybridized carbons (Fsp3) is 0.357. The first-order chi connectivity index (χ1) is 8.51. The van der Waals surface area contributed by atoms with Gasteiger partial charge in [-0.1, -0.05) is 30.7 Å². The zero-order chi connectivity index (χ0) is 13.7. The molecule has 0 aromatic heterocycles. The Bertz CT molecular complexity index is 451. The van der Waals surface area contributed by atoms with Gasteiger partial charge in [0.05, 0.1) is 7.11 Å². The van der Waals surface area contributed by atoms with E-state index < -0.39 is 11.8 Å². The molecule has 0 fully saturated rings. The van der Waals surface area contributed by atoms with E-state index in [4.69, 9.17) is 11.6 Å². The summed E-state index contributed by atoms with van der Waals surface area (Å²) in [5.41, 5.74) is 1.31. The summed E-state index contributed by atoms with van der Waals surface area (Å²) >= 11 is 5.81. The Labute approximate surface area is 111 Å². The Morgan fingerprint density at radius 2 is 1.94 bits per heavy atom. The first-order valence-corrected chi connectivity index (χ1v) is 6.09. The van der Waals surface area contributed by atoms with Crippen LogP contribution in [0.1, 0.15) is 31.7 Å². The van der Waals surface area contributed by atoms with Gasteiger partial charge in [0.25, 0.3) is 0 Å². The van der Waals surface area contributed by atoms with E-state index >= 15 is 0 Å². The monoisotopic (exact) mass is 270 g/mol. The molecule has 0 amide bonds. The predicted molar refractivity (Wildman–Crippen MR) is 70.3 cm³/mol. The van der Waals surface area contributed by atoms with Crippen molar-refractivity contribution in [3.05, 3.63) is 46.3 Å². The second kappa shape index (κ2) is 6.55. The fourth-order valence-electron chi connectivity index (χ4n) is 1.89. The summed E-state index contributed by atoms with van der Waals surface area (Å²) in [4.78, 5) is 11.2. The fourth-order valence-corrected chi connectivity index (χ4v) is 2.02. The SMILES string of the molecule is CCC(C(C)=C(F)C(=O)OC)c1ccc(Cl)cc1. The van der Waals surface area contributed by atoms with Crippen molar-refractivity contribution in [1.82, 2.24) is 0 Å². The van der Waals surface area contributed by atoms with E-state index in [-0.39, 0.29) is 5.92 Å². The highest BCUT2D eigenvalue weighted by atomic mass is 35.5.